The molecule has 8 heteroatoms. The number of carbonyl (C=O) groups is 1. The van der Waals surface area contributed by atoms with Crippen LogP contribution in [0.15, 0.2) is 66.7 Å². The molecule has 5 rings (SSSR count). The third-order valence-electron chi connectivity index (χ3n) is 7.29. The molecule has 0 spiro atoms. The number of aliphatic hydroxyl groups excluding tert-OH is 1. The van der Waals surface area contributed by atoms with E-state index < -0.39 is 11.6 Å². The molecule has 41 heavy (non-hydrogen) atoms. The van der Waals surface area contributed by atoms with Gasteiger partial charge in [0, 0.05) is 49.1 Å². The van der Waals surface area contributed by atoms with Crippen LogP contribution < -0.4 is 0 Å². The Morgan fingerprint density at radius 3 is 2.29 bits per heavy atom. The van der Waals surface area contributed by atoms with Gasteiger partial charge in [0.25, 0.3) is 0 Å². The maximum atomic E-state index is 14.9. The van der Waals surface area contributed by atoms with Gasteiger partial charge in [0.05, 0.1) is 5.76 Å². The number of thiophene rings is 1. The number of hydrogen-bond donors (Lipinski definition) is 1. The molecule has 0 aliphatic rings. The maximum absolute atomic E-state index is 14.9. The topological polar surface area (TPSA) is 63.1 Å². The molecule has 1 N–H and O–H groups in total. The molecule has 0 saturated heterocycles. The van der Waals surface area contributed by atoms with Crippen LogP contribution in [0.5, 0.6) is 0 Å². The molecule has 2 heterocycles. The summed E-state index contributed by atoms with van der Waals surface area (Å²) in [7, 11) is 0. The summed E-state index contributed by atoms with van der Waals surface area (Å²) in [5.74, 6) is -0.318. The van der Waals surface area contributed by atoms with Crippen molar-refractivity contribution in [1.29, 1.82) is 0 Å². The van der Waals surface area contributed by atoms with Crippen LogP contribution in [0, 0.1) is 29.5 Å². The van der Waals surface area contributed by atoms with E-state index in [4.69, 9.17) is 0 Å². The van der Waals surface area contributed by atoms with Gasteiger partial charge in [-0.15, -0.1) is 23.6 Å². The molecule has 0 aliphatic heterocycles. The molecule has 0 unspecified atom stereocenters. The minimum atomic E-state index is -0.461. The normalized spacial score (nSPS) is 11.7. The zero-order chi connectivity index (χ0) is 28.8. The molecule has 2 aromatic heterocycles. The van der Waals surface area contributed by atoms with Crippen molar-refractivity contribution >= 4 is 48.9 Å². The largest absolute Gasteiger partial charge is 0.512 e. The van der Waals surface area contributed by atoms with Crippen molar-refractivity contribution in [2.45, 2.75) is 53.4 Å². The first-order chi connectivity index (χ1) is 19.3. The van der Waals surface area contributed by atoms with Gasteiger partial charge < -0.3 is 5.11 Å². The fourth-order valence-corrected chi connectivity index (χ4v) is 5.84. The number of rotatable bonds is 8. The van der Waals surface area contributed by atoms with Gasteiger partial charge in [0.1, 0.15) is 17.7 Å². The van der Waals surface area contributed by atoms with E-state index in [0.717, 1.165) is 40.6 Å². The van der Waals surface area contributed by atoms with Crippen molar-refractivity contribution in [1.82, 2.24) is 9.97 Å². The van der Waals surface area contributed by atoms with Crippen LogP contribution in [-0.4, -0.2) is 20.9 Å². The van der Waals surface area contributed by atoms with Gasteiger partial charge in [-0.3, -0.25) is 9.78 Å². The molecule has 0 bridgehead atoms. The Hall–Kier alpha value is -3.06. The van der Waals surface area contributed by atoms with Crippen LogP contribution in [-0.2, 0) is 24.9 Å². The van der Waals surface area contributed by atoms with Crippen molar-refractivity contribution in [3.8, 4) is 10.6 Å². The smallest absolute Gasteiger partial charge is 0.162 e. The van der Waals surface area contributed by atoms with Crippen LogP contribution >= 0.6 is 11.3 Å². The second-order valence-corrected chi connectivity index (χ2v) is 10.8. The van der Waals surface area contributed by atoms with Gasteiger partial charge in [0.15, 0.2) is 11.6 Å². The Kier molecular flexibility index (Phi) is 11.6. The number of carbonyl (C=O) groups excluding carboxylic acids is 1. The minimum Gasteiger partial charge on any atom is -0.512 e. The SMILES string of the molecule is CCC(CC)C(=O)/C=C(\O)C(CC)CC.Fc1ccc2c(F)c3ncnc(-c4[c-]c5ccccc5s4)c3cc2c1.[Ir]. The van der Waals surface area contributed by atoms with E-state index in [1.165, 1.54) is 41.9 Å². The quantitative estimate of drug-likeness (QED) is 0.0743. The molecule has 5 aromatic rings. The molecule has 0 atom stereocenters. The zero-order valence-corrected chi connectivity index (χ0v) is 26.7. The molecule has 0 saturated carbocycles. The van der Waals surface area contributed by atoms with E-state index in [9.17, 15) is 18.7 Å². The molecular weight excluding hydrogens is 719 g/mol. The van der Waals surface area contributed by atoms with Gasteiger partial charge in [-0.25, -0.2) is 25.1 Å². The van der Waals surface area contributed by atoms with Crippen LogP contribution in [0.2, 0.25) is 0 Å². The van der Waals surface area contributed by atoms with E-state index in [1.807, 2.05) is 52.0 Å². The Bertz CT molecular complexity index is 1640. The second kappa shape index (κ2) is 14.7. The second-order valence-electron chi connectivity index (χ2n) is 9.73. The maximum Gasteiger partial charge on any atom is 0.162 e. The average Bonchev–Trinajstić information content (AvgIpc) is 3.39. The van der Waals surface area contributed by atoms with Crippen molar-refractivity contribution in [3.63, 3.8) is 0 Å². The predicted molar refractivity (Wildman–Crippen MR) is 160 cm³/mol. The summed E-state index contributed by atoms with van der Waals surface area (Å²) >= 11 is 1.54. The number of halogens is 2. The average molecular weight is 752 g/mol. The summed E-state index contributed by atoms with van der Waals surface area (Å²) in [4.78, 5) is 21.0. The standard InChI is InChI=1S/C20H9F2N2S.C13H24O2.Ir/c21-13-5-6-14-12(7-13)8-15-19(23-10-24-20(15)18(14)22)17-9-11-3-1-2-4-16(11)25-17;1-5-10(6-2)12(14)9-13(15)11(7-3)8-4;/h1-8,10H;9-11,14H,5-8H2,1-4H3;/q-1;;/b;12-9-;. The van der Waals surface area contributed by atoms with Crippen LogP contribution in [0.4, 0.5) is 8.78 Å². The number of nitrogens with zero attached hydrogens (tertiary/aromatic N) is 2. The molecule has 4 nitrogen and oxygen atoms in total. The Labute approximate surface area is 256 Å². The van der Waals surface area contributed by atoms with Crippen LogP contribution in [0.3, 0.4) is 0 Å². The first kappa shape index (κ1) is 32.5. The van der Waals surface area contributed by atoms with Gasteiger partial charge >= 0.3 is 0 Å². The number of fused-ring (bicyclic) bond motifs is 3. The number of allylic oxidation sites excluding steroid dienone is 2. The molecule has 0 fully saturated rings. The molecule has 217 valence electrons. The van der Waals surface area contributed by atoms with Gasteiger partial charge in [-0.1, -0.05) is 45.9 Å². The van der Waals surface area contributed by atoms with Crippen molar-refractivity contribution < 1.29 is 38.8 Å². The van der Waals surface area contributed by atoms with Crippen molar-refractivity contribution in [3.05, 3.63) is 84.4 Å². The Morgan fingerprint density at radius 1 is 0.951 bits per heavy atom. The van der Waals surface area contributed by atoms with E-state index >= 15 is 0 Å². The Morgan fingerprint density at radius 2 is 1.63 bits per heavy atom. The summed E-state index contributed by atoms with van der Waals surface area (Å²) in [6.07, 6.45) is 6.26. The molecular formula is C33H33F2IrN2O2S-. The zero-order valence-electron chi connectivity index (χ0n) is 23.5. The van der Waals surface area contributed by atoms with Gasteiger partial charge in [-0.05, 0) is 64.2 Å². The minimum absolute atomic E-state index is 0. The van der Waals surface area contributed by atoms with Crippen LogP contribution in [0.25, 0.3) is 42.3 Å². The summed E-state index contributed by atoms with van der Waals surface area (Å²) in [6, 6.07) is 17.0. The summed E-state index contributed by atoms with van der Waals surface area (Å²) in [5.41, 5.74) is 0.839. The van der Waals surface area contributed by atoms with E-state index in [1.54, 1.807) is 6.07 Å². The van der Waals surface area contributed by atoms with Crippen molar-refractivity contribution in [2.24, 2.45) is 11.8 Å². The van der Waals surface area contributed by atoms with Gasteiger partial charge in [-0.2, -0.15) is 0 Å². The fraction of sp³-hybridized carbons (Fsp3) is 0.303. The third-order valence-corrected chi connectivity index (χ3v) is 8.36. The number of aromatic nitrogens is 2. The first-order valence-electron chi connectivity index (χ1n) is 13.7. The molecule has 3 aromatic carbocycles. The van der Waals surface area contributed by atoms with Crippen LogP contribution in [0.1, 0.15) is 53.4 Å². The van der Waals surface area contributed by atoms with E-state index in [0.29, 0.717) is 21.9 Å². The molecule has 0 aliphatic carbocycles. The monoisotopic (exact) mass is 752 g/mol. The Balaban J connectivity index is 0.000000253. The van der Waals surface area contributed by atoms with Crippen molar-refractivity contribution in [2.75, 3.05) is 0 Å². The molecule has 0 amide bonds. The summed E-state index contributed by atoms with van der Waals surface area (Å²) in [6.45, 7) is 8.07. The first-order valence-corrected chi connectivity index (χ1v) is 14.5. The summed E-state index contributed by atoms with van der Waals surface area (Å²) in [5, 5.41) is 12.1. The molecule has 1 radical (unpaired) electrons. The van der Waals surface area contributed by atoms with Gasteiger partial charge in [0.2, 0.25) is 0 Å². The number of ketones is 1. The number of aliphatic hydroxyl groups is 1. The summed E-state index contributed by atoms with van der Waals surface area (Å²) < 4.78 is 29.5. The predicted octanol–water partition coefficient (Wildman–Crippen LogP) is 9.61. The van der Waals surface area contributed by atoms with E-state index in [2.05, 4.69) is 16.0 Å². The number of benzene rings is 3. The van der Waals surface area contributed by atoms with E-state index in [-0.39, 0.29) is 49.0 Å². The third kappa shape index (κ3) is 7.24. The number of hydrogen-bond acceptors (Lipinski definition) is 5. The fourth-order valence-electron chi connectivity index (χ4n) is 4.83.